The number of Topliss-reactive ketones (excluding diaryl/α,β-unsaturated/α-hetero) is 1. The van der Waals surface area contributed by atoms with Crippen LogP contribution in [0.3, 0.4) is 0 Å². The third-order valence-electron chi connectivity index (χ3n) is 7.73. The molecule has 0 aromatic heterocycles. The molecule has 1 saturated carbocycles. The predicted octanol–water partition coefficient (Wildman–Crippen LogP) is 7.29. The number of nitrogens with one attached hydrogen (secondary N) is 1. The highest BCUT2D eigenvalue weighted by molar-refractivity contribution is 6.32. The summed E-state index contributed by atoms with van der Waals surface area (Å²) < 4.78 is 0. The van der Waals surface area contributed by atoms with Crippen LogP contribution in [0, 0.1) is 5.92 Å². The molecular formula is C36H39NO5. The lowest BCUT2D eigenvalue weighted by Gasteiger charge is -2.22. The van der Waals surface area contributed by atoms with Crippen LogP contribution in [0.1, 0.15) is 106 Å². The van der Waals surface area contributed by atoms with Crippen molar-refractivity contribution in [3.63, 3.8) is 0 Å². The Kier molecular flexibility index (Phi) is 10.6. The van der Waals surface area contributed by atoms with Crippen LogP contribution < -0.4 is 5.32 Å². The fourth-order valence-electron chi connectivity index (χ4n) is 5.46. The van der Waals surface area contributed by atoms with Crippen LogP contribution in [0.25, 0.3) is 5.57 Å². The standard InChI is InChI=1S/C36H39NO5/c1-24(2)22-25-8-10-29(11-9-25)33(38)23-32(28-14-12-27(13-15-28)26-6-4-3-5-7-26)35(41)30-16-18-31(19-17-30)36(42)37-21-20-34(39)40/h8-19,23-24,26H,3-7,20-22H2,1-2H3,(H,37,42)(H,39,40)/b32-23-. The normalized spacial score (nSPS) is 14.0. The average Bonchev–Trinajstić information content (AvgIpc) is 3.00. The van der Waals surface area contributed by atoms with E-state index < -0.39 is 11.9 Å². The Morgan fingerprint density at radius 2 is 1.36 bits per heavy atom. The van der Waals surface area contributed by atoms with Gasteiger partial charge in [0.15, 0.2) is 11.6 Å². The molecule has 3 aromatic rings. The van der Waals surface area contributed by atoms with Crippen molar-refractivity contribution in [2.45, 2.75) is 64.7 Å². The number of aliphatic carboxylic acids is 1. The Balaban J connectivity index is 1.60. The average molecular weight is 566 g/mol. The van der Waals surface area contributed by atoms with Crippen molar-refractivity contribution in [3.8, 4) is 0 Å². The lowest BCUT2D eigenvalue weighted by Crippen LogP contribution is -2.26. The van der Waals surface area contributed by atoms with Crippen LogP contribution in [-0.4, -0.2) is 35.1 Å². The van der Waals surface area contributed by atoms with Crippen LogP contribution in [-0.2, 0) is 11.2 Å². The second kappa shape index (κ2) is 14.5. The first kappa shape index (κ1) is 30.6. The number of carbonyl (C=O) groups is 4. The minimum Gasteiger partial charge on any atom is -0.481 e. The molecule has 1 aliphatic rings. The summed E-state index contributed by atoms with van der Waals surface area (Å²) in [7, 11) is 0. The molecule has 6 heteroatoms. The molecule has 2 N–H and O–H groups in total. The number of carbonyl (C=O) groups excluding carboxylic acids is 3. The fraction of sp³-hybridized carbons (Fsp3) is 0.333. The second-order valence-corrected chi connectivity index (χ2v) is 11.5. The van der Waals surface area contributed by atoms with Gasteiger partial charge in [0.2, 0.25) is 0 Å². The molecule has 218 valence electrons. The van der Waals surface area contributed by atoms with Gasteiger partial charge in [-0.25, -0.2) is 0 Å². The maximum Gasteiger partial charge on any atom is 0.305 e. The number of benzene rings is 3. The Morgan fingerprint density at radius 3 is 1.95 bits per heavy atom. The molecule has 1 fully saturated rings. The SMILES string of the molecule is CC(C)Cc1ccc(C(=O)/C=C(\C(=O)c2ccc(C(=O)NCCC(=O)O)cc2)c2ccc(C3CCCCC3)cc2)cc1. The third-order valence-corrected chi connectivity index (χ3v) is 7.73. The van der Waals surface area contributed by atoms with Crippen molar-refractivity contribution in [2.24, 2.45) is 5.92 Å². The molecule has 42 heavy (non-hydrogen) atoms. The summed E-state index contributed by atoms with van der Waals surface area (Å²) in [4.78, 5) is 50.3. The molecule has 0 heterocycles. The smallest absolute Gasteiger partial charge is 0.305 e. The molecule has 0 saturated heterocycles. The van der Waals surface area contributed by atoms with E-state index >= 15 is 0 Å². The largest absolute Gasteiger partial charge is 0.481 e. The third kappa shape index (κ3) is 8.35. The van der Waals surface area contributed by atoms with Crippen LogP contribution >= 0.6 is 0 Å². The maximum absolute atomic E-state index is 13.8. The molecule has 1 aliphatic carbocycles. The van der Waals surface area contributed by atoms with Crippen molar-refractivity contribution in [1.82, 2.24) is 5.32 Å². The van der Waals surface area contributed by atoms with E-state index in [0.29, 0.717) is 39.7 Å². The Labute approximate surface area is 247 Å². The minimum atomic E-state index is -0.997. The van der Waals surface area contributed by atoms with Crippen LogP contribution in [0.4, 0.5) is 0 Å². The van der Waals surface area contributed by atoms with E-state index in [9.17, 15) is 19.2 Å². The van der Waals surface area contributed by atoms with Crippen molar-refractivity contribution < 1.29 is 24.3 Å². The van der Waals surface area contributed by atoms with Crippen LogP contribution in [0.5, 0.6) is 0 Å². The van der Waals surface area contributed by atoms with Crippen molar-refractivity contribution >= 4 is 29.0 Å². The number of rotatable bonds is 12. The number of carboxylic acid groups (broad SMARTS) is 1. The van der Waals surface area contributed by atoms with E-state index in [-0.39, 0.29) is 24.5 Å². The highest BCUT2D eigenvalue weighted by Gasteiger charge is 2.20. The zero-order valence-electron chi connectivity index (χ0n) is 24.4. The van der Waals surface area contributed by atoms with Gasteiger partial charge in [0, 0.05) is 28.8 Å². The summed E-state index contributed by atoms with van der Waals surface area (Å²) in [5.41, 5.74) is 4.55. The first-order valence-corrected chi connectivity index (χ1v) is 14.8. The molecule has 1 amide bonds. The summed E-state index contributed by atoms with van der Waals surface area (Å²) in [6.07, 6.45) is 8.24. The Hall–Kier alpha value is -4.32. The highest BCUT2D eigenvalue weighted by Crippen LogP contribution is 2.33. The van der Waals surface area contributed by atoms with Gasteiger partial charge in [-0.05, 0) is 66.0 Å². The summed E-state index contributed by atoms with van der Waals surface area (Å²) >= 11 is 0. The van der Waals surface area contributed by atoms with Gasteiger partial charge in [0.1, 0.15) is 0 Å². The summed E-state index contributed by atoms with van der Waals surface area (Å²) in [6, 6.07) is 21.7. The van der Waals surface area contributed by atoms with Crippen LogP contribution in [0.2, 0.25) is 0 Å². The topological polar surface area (TPSA) is 101 Å². The first-order chi connectivity index (χ1) is 20.2. The minimum absolute atomic E-state index is 0.0130. The molecule has 0 radical (unpaired) electrons. The van der Waals surface area contributed by atoms with Gasteiger partial charge in [-0.2, -0.15) is 0 Å². The number of hydrogen-bond acceptors (Lipinski definition) is 4. The van der Waals surface area contributed by atoms with Gasteiger partial charge in [0.05, 0.1) is 6.42 Å². The van der Waals surface area contributed by atoms with Gasteiger partial charge in [-0.3, -0.25) is 19.2 Å². The van der Waals surface area contributed by atoms with E-state index in [4.69, 9.17) is 5.11 Å². The van der Waals surface area contributed by atoms with Gasteiger partial charge in [0.25, 0.3) is 5.91 Å². The maximum atomic E-state index is 13.8. The lowest BCUT2D eigenvalue weighted by molar-refractivity contribution is -0.136. The van der Waals surface area contributed by atoms with E-state index in [1.807, 2.05) is 36.4 Å². The van der Waals surface area contributed by atoms with Crippen molar-refractivity contribution in [3.05, 3.63) is 112 Å². The molecular weight excluding hydrogens is 526 g/mol. The molecule has 4 rings (SSSR count). The zero-order chi connectivity index (χ0) is 30.1. The van der Waals surface area contributed by atoms with E-state index in [1.54, 1.807) is 12.1 Å². The van der Waals surface area contributed by atoms with Gasteiger partial charge < -0.3 is 10.4 Å². The number of allylic oxidation sites excluding steroid dienone is 2. The Bertz CT molecular complexity index is 1430. The molecule has 0 spiro atoms. The van der Waals surface area contributed by atoms with Gasteiger partial charge >= 0.3 is 5.97 Å². The van der Waals surface area contributed by atoms with E-state index in [2.05, 4.69) is 31.3 Å². The van der Waals surface area contributed by atoms with Gasteiger partial charge in [-0.1, -0.05) is 93.8 Å². The molecule has 0 bridgehead atoms. The number of carboxylic acids is 1. The quantitative estimate of drug-likeness (QED) is 0.177. The Morgan fingerprint density at radius 1 is 0.786 bits per heavy atom. The first-order valence-electron chi connectivity index (χ1n) is 14.8. The van der Waals surface area contributed by atoms with Crippen molar-refractivity contribution in [2.75, 3.05) is 6.54 Å². The summed E-state index contributed by atoms with van der Waals surface area (Å²) in [5, 5.41) is 11.3. The zero-order valence-corrected chi connectivity index (χ0v) is 24.4. The monoisotopic (exact) mass is 565 g/mol. The number of amides is 1. The summed E-state index contributed by atoms with van der Waals surface area (Å²) in [5.74, 6) is -0.947. The van der Waals surface area contributed by atoms with E-state index in [1.165, 1.54) is 55.9 Å². The molecule has 0 aliphatic heterocycles. The molecule has 0 unspecified atom stereocenters. The number of ketones is 2. The summed E-state index contributed by atoms with van der Waals surface area (Å²) in [6.45, 7) is 4.31. The van der Waals surface area contributed by atoms with E-state index in [0.717, 1.165) is 12.0 Å². The van der Waals surface area contributed by atoms with Crippen molar-refractivity contribution in [1.29, 1.82) is 0 Å². The van der Waals surface area contributed by atoms with Crippen LogP contribution in [0.15, 0.2) is 78.9 Å². The molecule has 3 aromatic carbocycles. The highest BCUT2D eigenvalue weighted by atomic mass is 16.4. The molecule has 6 nitrogen and oxygen atoms in total. The van der Waals surface area contributed by atoms with Gasteiger partial charge in [-0.15, -0.1) is 0 Å². The second-order valence-electron chi connectivity index (χ2n) is 11.5. The fourth-order valence-corrected chi connectivity index (χ4v) is 5.46. The number of hydrogen-bond donors (Lipinski definition) is 2. The molecule has 0 atom stereocenters. The predicted molar refractivity (Wildman–Crippen MR) is 165 cm³/mol. The lowest BCUT2D eigenvalue weighted by atomic mass is 9.83.